The third kappa shape index (κ3) is 3.80. The summed E-state index contributed by atoms with van der Waals surface area (Å²) in [4.78, 5) is 2.32. The highest BCUT2D eigenvalue weighted by molar-refractivity contribution is 5.05. The molecular formula is C13H23N3O2. The summed E-state index contributed by atoms with van der Waals surface area (Å²) in [5.41, 5.74) is 1.31. The molecule has 0 bridgehead atoms. The van der Waals surface area contributed by atoms with Gasteiger partial charge in [0.05, 0.1) is 18.9 Å². The van der Waals surface area contributed by atoms with Gasteiger partial charge in [0, 0.05) is 33.4 Å². The van der Waals surface area contributed by atoms with Crippen LogP contribution in [0.15, 0.2) is 12.4 Å². The molecule has 5 nitrogen and oxygen atoms in total. The minimum Gasteiger partial charge on any atom is -0.389 e. The summed E-state index contributed by atoms with van der Waals surface area (Å²) < 4.78 is 6.80. The Labute approximate surface area is 108 Å². The van der Waals surface area contributed by atoms with Crippen LogP contribution in [0.25, 0.3) is 0 Å². The molecule has 0 amide bonds. The Balaban J connectivity index is 1.74. The molecule has 1 fully saturated rings. The first kappa shape index (κ1) is 13.5. The number of likely N-dealkylation sites (tertiary alicyclic amines) is 1. The first-order valence-electron chi connectivity index (χ1n) is 6.54. The van der Waals surface area contributed by atoms with Crippen LogP contribution in [-0.4, -0.2) is 59.2 Å². The van der Waals surface area contributed by atoms with E-state index in [1.807, 2.05) is 17.9 Å². The van der Waals surface area contributed by atoms with E-state index in [4.69, 9.17) is 4.74 Å². The van der Waals surface area contributed by atoms with Crippen molar-refractivity contribution in [2.75, 3.05) is 33.4 Å². The number of ether oxygens (including phenoxy) is 1. The third-order valence-corrected chi connectivity index (χ3v) is 3.48. The normalized spacial score (nSPS) is 22.5. The molecule has 1 aromatic heterocycles. The molecule has 1 aromatic rings. The van der Waals surface area contributed by atoms with Crippen molar-refractivity contribution < 1.29 is 9.84 Å². The van der Waals surface area contributed by atoms with Gasteiger partial charge in [-0.2, -0.15) is 5.10 Å². The topological polar surface area (TPSA) is 50.5 Å². The lowest BCUT2D eigenvalue weighted by molar-refractivity contribution is 0.0421. The first-order chi connectivity index (χ1) is 8.67. The van der Waals surface area contributed by atoms with Gasteiger partial charge in [-0.25, -0.2) is 0 Å². The van der Waals surface area contributed by atoms with Gasteiger partial charge in [-0.05, 0) is 30.9 Å². The fraction of sp³-hybridized carbons (Fsp3) is 0.769. The average Bonchev–Trinajstić information content (AvgIpc) is 2.89. The number of hydrogen-bond donors (Lipinski definition) is 1. The van der Waals surface area contributed by atoms with Crippen LogP contribution in [0.4, 0.5) is 0 Å². The second kappa shape index (κ2) is 6.31. The molecule has 2 heterocycles. The van der Waals surface area contributed by atoms with Crippen LogP contribution in [0.3, 0.4) is 0 Å². The molecule has 102 valence electrons. The molecule has 18 heavy (non-hydrogen) atoms. The van der Waals surface area contributed by atoms with Crippen molar-refractivity contribution in [3.05, 3.63) is 18.0 Å². The molecule has 0 aromatic carbocycles. The molecule has 1 saturated heterocycles. The number of β-amino-alcohol motifs (C(OH)–C–C–N with tert-alkyl or cyclic N) is 1. The molecule has 0 radical (unpaired) electrons. The minimum atomic E-state index is -0.368. The zero-order chi connectivity index (χ0) is 13.0. The third-order valence-electron chi connectivity index (χ3n) is 3.48. The second-order valence-corrected chi connectivity index (χ2v) is 5.25. The van der Waals surface area contributed by atoms with Gasteiger partial charge in [0.2, 0.25) is 0 Å². The van der Waals surface area contributed by atoms with Crippen LogP contribution in [0.1, 0.15) is 12.0 Å². The van der Waals surface area contributed by atoms with E-state index in [1.54, 1.807) is 7.11 Å². The van der Waals surface area contributed by atoms with E-state index in [2.05, 4.69) is 16.2 Å². The summed E-state index contributed by atoms with van der Waals surface area (Å²) in [6, 6.07) is 0. The Morgan fingerprint density at radius 3 is 3.11 bits per heavy atom. The smallest absolute Gasteiger partial charge is 0.0900 e. The van der Waals surface area contributed by atoms with E-state index < -0.39 is 0 Å². The molecule has 0 spiro atoms. The van der Waals surface area contributed by atoms with E-state index in [9.17, 15) is 5.11 Å². The van der Waals surface area contributed by atoms with E-state index >= 15 is 0 Å². The standard InChI is InChI=1S/C13H23N3O2/c1-15-7-12(6-14-15)5-11-3-4-16(8-11)9-13(17)10-18-2/h6-7,11,13,17H,3-5,8-10H2,1-2H3/t11-,13+/m0/s1. The highest BCUT2D eigenvalue weighted by Gasteiger charge is 2.24. The Bertz CT molecular complexity index is 367. The summed E-state index contributed by atoms with van der Waals surface area (Å²) in [6.45, 7) is 3.28. The molecule has 2 atom stereocenters. The SMILES string of the molecule is COC[C@H](O)CN1CC[C@@H](Cc2cnn(C)c2)C1. The van der Waals surface area contributed by atoms with Gasteiger partial charge in [0.1, 0.15) is 0 Å². The molecular weight excluding hydrogens is 230 g/mol. The maximum atomic E-state index is 9.71. The Morgan fingerprint density at radius 2 is 2.44 bits per heavy atom. The number of aromatic nitrogens is 2. The number of rotatable bonds is 6. The molecule has 0 unspecified atom stereocenters. The lowest BCUT2D eigenvalue weighted by Crippen LogP contribution is -2.33. The van der Waals surface area contributed by atoms with Crippen LogP contribution >= 0.6 is 0 Å². The molecule has 5 heteroatoms. The summed E-state index contributed by atoms with van der Waals surface area (Å²) in [5.74, 6) is 0.684. The van der Waals surface area contributed by atoms with E-state index in [0.717, 1.165) is 26.1 Å². The lowest BCUT2D eigenvalue weighted by Gasteiger charge is -2.19. The van der Waals surface area contributed by atoms with Crippen LogP contribution in [-0.2, 0) is 18.2 Å². The molecule has 1 aliphatic heterocycles. The van der Waals surface area contributed by atoms with E-state index in [0.29, 0.717) is 12.5 Å². The Hall–Kier alpha value is -0.910. The molecule has 1 N–H and O–H groups in total. The van der Waals surface area contributed by atoms with Crippen molar-refractivity contribution in [2.45, 2.75) is 18.9 Å². The van der Waals surface area contributed by atoms with Crippen LogP contribution in [0, 0.1) is 5.92 Å². The van der Waals surface area contributed by atoms with Gasteiger partial charge in [0.25, 0.3) is 0 Å². The number of nitrogens with zero attached hydrogens (tertiary/aromatic N) is 3. The Kier molecular flexibility index (Phi) is 4.74. The zero-order valence-electron chi connectivity index (χ0n) is 11.2. The fourth-order valence-electron chi connectivity index (χ4n) is 2.70. The van der Waals surface area contributed by atoms with Gasteiger partial charge in [0.15, 0.2) is 0 Å². The van der Waals surface area contributed by atoms with Crippen molar-refractivity contribution in [1.29, 1.82) is 0 Å². The molecule has 0 aliphatic carbocycles. The highest BCUT2D eigenvalue weighted by atomic mass is 16.5. The monoisotopic (exact) mass is 253 g/mol. The lowest BCUT2D eigenvalue weighted by atomic mass is 10.0. The summed E-state index contributed by atoms with van der Waals surface area (Å²) in [5, 5.41) is 13.9. The number of aliphatic hydroxyl groups excluding tert-OH is 1. The first-order valence-corrected chi connectivity index (χ1v) is 6.54. The quantitative estimate of drug-likeness (QED) is 0.792. The van der Waals surface area contributed by atoms with Gasteiger partial charge < -0.3 is 14.7 Å². The minimum absolute atomic E-state index is 0.368. The second-order valence-electron chi connectivity index (χ2n) is 5.25. The maximum Gasteiger partial charge on any atom is 0.0900 e. The summed E-state index contributed by atoms with van der Waals surface area (Å²) in [6.07, 6.45) is 5.96. The van der Waals surface area contributed by atoms with Crippen molar-refractivity contribution in [1.82, 2.24) is 14.7 Å². The number of methoxy groups -OCH3 is 1. The largest absolute Gasteiger partial charge is 0.389 e. The fourth-order valence-corrected chi connectivity index (χ4v) is 2.70. The summed E-state index contributed by atoms with van der Waals surface area (Å²) in [7, 11) is 3.57. The molecule has 0 saturated carbocycles. The Morgan fingerprint density at radius 1 is 1.61 bits per heavy atom. The van der Waals surface area contributed by atoms with Crippen LogP contribution in [0.2, 0.25) is 0 Å². The zero-order valence-corrected chi connectivity index (χ0v) is 11.2. The van der Waals surface area contributed by atoms with E-state index in [-0.39, 0.29) is 6.10 Å². The number of aryl methyl sites for hydroxylation is 1. The predicted molar refractivity (Wildman–Crippen MR) is 69.3 cm³/mol. The van der Waals surface area contributed by atoms with Gasteiger partial charge in [-0.15, -0.1) is 0 Å². The van der Waals surface area contributed by atoms with Crippen molar-refractivity contribution in [3.8, 4) is 0 Å². The van der Waals surface area contributed by atoms with E-state index in [1.165, 1.54) is 12.0 Å². The van der Waals surface area contributed by atoms with Crippen molar-refractivity contribution in [2.24, 2.45) is 13.0 Å². The molecule has 1 aliphatic rings. The highest BCUT2D eigenvalue weighted by Crippen LogP contribution is 2.20. The summed E-state index contributed by atoms with van der Waals surface area (Å²) >= 11 is 0. The number of hydrogen-bond acceptors (Lipinski definition) is 4. The maximum absolute atomic E-state index is 9.71. The average molecular weight is 253 g/mol. The van der Waals surface area contributed by atoms with Crippen LogP contribution in [0.5, 0.6) is 0 Å². The van der Waals surface area contributed by atoms with Gasteiger partial charge in [-0.1, -0.05) is 0 Å². The van der Waals surface area contributed by atoms with Gasteiger partial charge >= 0.3 is 0 Å². The van der Waals surface area contributed by atoms with Gasteiger partial charge in [-0.3, -0.25) is 4.68 Å². The van der Waals surface area contributed by atoms with Crippen LogP contribution < -0.4 is 0 Å². The molecule has 2 rings (SSSR count). The predicted octanol–water partition coefficient (Wildman–Crippen LogP) is 0.292. The van der Waals surface area contributed by atoms with Crippen molar-refractivity contribution >= 4 is 0 Å². The van der Waals surface area contributed by atoms with Crippen molar-refractivity contribution in [3.63, 3.8) is 0 Å². The number of aliphatic hydroxyl groups is 1.